The van der Waals surface area contributed by atoms with E-state index in [0.29, 0.717) is 23.8 Å². The maximum Gasteiger partial charge on any atom is 0.481 e. The maximum absolute atomic E-state index is 13.8. The van der Waals surface area contributed by atoms with Crippen molar-refractivity contribution in [1.82, 2.24) is 25.9 Å². The highest BCUT2D eigenvalue weighted by Crippen LogP contribution is 2.65. The second-order valence-electron chi connectivity index (χ2n) is 13.3. The molecule has 1 aliphatic heterocycles. The van der Waals surface area contributed by atoms with E-state index in [-0.39, 0.29) is 35.6 Å². The van der Waals surface area contributed by atoms with Gasteiger partial charge >= 0.3 is 7.12 Å². The van der Waals surface area contributed by atoms with Crippen LogP contribution in [0, 0.1) is 30.1 Å². The summed E-state index contributed by atoms with van der Waals surface area (Å²) in [5.74, 6) is -0.549. The molecule has 224 valence electrons. The maximum atomic E-state index is 13.8. The van der Waals surface area contributed by atoms with Crippen LogP contribution in [0.15, 0.2) is 42.9 Å². The van der Waals surface area contributed by atoms with E-state index in [2.05, 4.69) is 60.5 Å². The van der Waals surface area contributed by atoms with Crippen LogP contribution >= 0.6 is 0 Å². The molecule has 10 nitrogen and oxygen atoms in total. The zero-order valence-electron chi connectivity index (χ0n) is 25.3. The zero-order chi connectivity index (χ0) is 30.2. The number of carbonyl (C=O) groups excluding carboxylic acids is 3. The first-order valence-electron chi connectivity index (χ1n) is 14.9. The summed E-state index contributed by atoms with van der Waals surface area (Å²) in [6.45, 7) is 12.8. The van der Waals surface area contributed by atoms with Crippen molar-refractivity contribution in [2.24, 2.45) is 23.2 Å². The molecule has 0 radical (unpaired) electrons. The van der Waals surface area contributed by atoms with E-state index in [1.807, 2.05) is 19.1 Å². The number of amides is 3. The Balaban J connectivity index is 1.31. The van der Waals surface area contributed by atoms with E-state index in [1.54, 1.807) is 12.1 Å². The van der Waals surface area contributed by atoms with E-state index in [4.69, 9.17) is 9.31 Å². The number of nitrogens with zero attached hydrogens (tertiary/aromatic N) is 2. The third kappa shape index (κ3) is 5.94. The van der Waals surface area contributed by atoms with E-state index in [9.17, 15) is 14.4 Å². The van der Waals surface area contributed by atoms with Crippen molar-refractivity contribution in [1.29, 1.82) is 0 Å². The third-order valence-corrected chi connectivity index (χ3v) is 9.55. The molecular weight excluding hydrogens is 533 g/mol. The summed E-state index contributed by atoms with van der Waals surface area (Å²) in [7, 11) is -0.611. The molecule has 4 aliphatic rings. The fourth-order valence-corrected chi connectivity index (χ4v) is 6.96. The van der Waals surface area contributed by atoms with Gasteiger partial charge in [0.05, 0.1) is 23.8 Å². The lowest BCUT2D eigenvalue weighted by Gasteiger charge is -2.64. The van der Waals surface area contributed by atoms with Crippen LogP contribution in [0.4, 0.5) is 0 Å². The average molecular weight is 576 g/mol. The van der Waals surface area contributed by atoms with Crippen molar-refractivity contribution in [3.05, 3.63) is 59.7 Å². The number of rotatable bonds is 10. The zero-order valence-corrected chi connectivity index (χ0v) is 25.3. The van der Waals surface area contributed by atoms with Crippen molar-refractivity contribution in [3.63, 3.8) is 0 Å². The minimum absolute atomic E-state index is 0.0215. The summed E-state index contributed by atoms with van der Waals surface area (Å²) < 4.78 is 13.2. The lowest BCUT2D eigenvalue weighted by atomic mass is 9.43. The van der Waals surface area contributed by atoms with Gasteiger partial charge in [0.2, 0.25) is 5.91 Å². The largest absolute Gasteiger partial charge is 0.481 e. The highest BCUT2D eigenvalue weighted by molar-refractivity contribution is 6.48. The molecule has 3 saturated carbocycles. The van der Waals surface area contributed by atoms with Crippen LogP contribution in [0.2, 0.25) is 0 Å². The minimum Gasteiger partial charge on any atom is -0.404 e. The molecule has 3 N–H and O–H groups in total. The molecule has 0 spiro atoms. The molecule has 1 aromatic carbocycles. The molecule has 1 saturated heterocycles. The van der Waals surface area contributed by atoms with Gasteiger partial charge < -0.3 is 25.3 Å². The smallest absolute Gasteiger partial charge is 0.404 e. The highest BCUT2D eigenvalue weighted by atomic mass is 16.7. The van der Waals surface area contributed by atoms with Crippen molar-refractivity contribution in [2.45, 2.75) is 84.5 Å². The summed E-state index contributed by atoms with van der Waals surface area (Å²) in [6, 6.07) is 6.05. The van der Waals surface area contributed by atoms with Gasteiger partial charge in [-0.25, -0.2) is 4.98 Å². The lowest BCUT2D eigenvalue weighted by molar-refractivity contribution is -0.199. The third-order valence-electron chi connectivity index (χ3n) is 9.55. The molecule has 6 atom stereocenters. The SMILES string of the molecule is Cc1ccc(C(=O)NC[C@H](NC(=O)c2cnccn2)C(=O)NC(CC(C)C)B2O[C@@H]3C[C@@H]4C[C@@H](C4(C)C)[C@]3(C)O2)cc1. The molecular formula is C31H42BN5O5. The van der Waals surface area contributed by atoms with Crippen molar-refractivity contribution in [2.75, 3.05) is 6.54 Å². The molecule has 3 amide bonds. The van der Waals surface area contributed by atoms with Crippen LogP contribution in [0.1, 0.15) is 80.3 Å². The summed E-state index contributed by atoms with van der Waals surface area (Å²) in [6.07, 6.45) is 6.87. The number of benzene rings is 1. The van der Waals surface area contributed by atoms with E-state index in [0.717, 1.165) is 18.4 Å². The predicted molar refractivity (Wildman–Crippen MR) is 158 cm³/mol. The minimum atomic E-state index is -1.07. The number of hydrogen-bond donors (Lipinski definition) is 3. The summed E-state index contributed by atoms with van der Waals surface area (Å²) in [5, 5.41) is 8.63. The van der Waals surface area contributed by atoms with Crippen LogP contribution in [0.5, 0.6) is 0 Å². The Morgan fingerprint density at radius 2 is 1.79 bits per heavy atom. The predicted octanol–water partition coefficient (Wildman–Crippen LogP) is 3.11. The average Bonchev–Trinajstić information content (AvgIpc) is 3.32. The molecule has 6 rings (SSSR count). The molecule has 3 aliphatic carbocycles. The molecule has 42 heavy (non-hydrogen) atoms. The Bertz CT molecular complexity index is 1310. The van der Waals surface area contributed by atoms with Gasteiger partial charge in [0.1, 0.15) is 11.7 Å². The molecule has 1 unspecified atom stereocenters. The number of hydrogen-bond acceptors (Lipinski definition) is 7. The van der Waals surface area contributed by atoms with E-state index in [1.165, 1.54) is 18.6 Å². The van der Waals surface area contributed by atoms with Gasteiger partial charge in [-0.2, -0.15) is 0 Å². The number of nitrogens with one attached hydrogen (secondary N) is 3. The Hall–Kier alpha value is -3.31. The Morgan fingerprint density at radius 3 is 2.43 bits per heavy atom. The Kier molecular flexibility index (Phi) is 8.45. The van der Waals surface area contributed by atoms with Crippen LogP contribution in [0.25, 0.3) is 0 Å². The first-order chi connectivity index (χ1) is 19.9. The standard InChI is InChI=1S/C31H42BN5O5/c1-18(2)13-26(32-41-25-15-21-14-24(30(21,4)5)31(25,6)42-32)37-29(40)23(36-28(39)22-16-33-11-12-34-22)17-35-27(38)20-9-7-19(3)8-10-20/h7-12,16,18,21,23-26H,13-15,17H2,1-6H3,(H,35,38)(H,36,39)(H,37,40)/t21-,23-,24-,25+,26?,31-/m0/s1. The van der Waals surface area contributed by atoms with Gasteiger partial charge in [-0.3, -0.25) is 19.4 Å². The number of carbonyl (C=O) groups is 3. The second kappa shape index (κ2) is 11.8. The second-order valence-corrected chi connectivity index (χ2v) is 13.3. The highest BCUT2D eigenvalue weighted by Gasteiger charge is 2.68. The molecule has 1 aromatic heterocycles. The molecule has 2 aromatic rings. The van der Waals surface area contributed by atoms with Crippen molar-refractivity contribution >= 4 is 24.8 Å². The van der Waals surface area contributed by atoms with Crippen LogP contribution < -0.4 is 16.0 Å². The Labute approximate surface area is 248 Å². The fraction of sp³-hybridized carbons (Fsp3) is 0.581. The van der Waals surface area contributed by atoms with Gasteiger partial charge in [-0.15, -0.1) is 0 Å². The monoisotopic (exact) mass is 575 g/mol. The summed E-state index contributed by atoms with van der Waals surface area (Å²) >= 11 is 0. The summed E-state index contributed by atoms with van der Waals surface area (Å²) in [4.78, 5) is 47.6. The van der Waals surface area contributed by atoms with Crippen LogP contribution in [-0.4, -0.2) is 65.0 Å². The van der Waals surface area contributed by atoms with Gasteiger partial charge in [0.25, 0.3) is 11.8 Å². The van der Waals surface area contributed by atoms with Gasteiger partial charge in [0.15, 0.2) is 0 Å². The lowest BCUT2D eigenvalue weighted by Crippen LogP contribution is -2.65. The first-order valence-corrected chi connectivity index (χ1v) is 14.9. The van der Waals surface area contributed by atoms with Crippen molar-refractivity contribution < 1.29 is 23.7 Å². The van der Waals surface area contributed by atoms with Gasteiger partial charge in [-0.05, 0) is 68.4 Å². The van der Waals surface area contributed by atoms with Crippen LogP contribution in [0.3, 0.4) is 0 Å². The first kappa shape index (κ1) is 30.2. The van der Waals surface area contributed by atoms with Gasteiger partial charge in [-0.1, -0.05) is 45.4 Å². The quantitative estimate of drug-likeness (QED) is 0.371. The number of aryl methyl sites for hydroxylation is 1. The molecule has 2 bridgehead atoms. The molecule has 11 heteroatoms. The van der Waals surface area contributed by atoms with E-state index < -0.39 is 36.5 Å². The number of aromatic nitrogens is 2. The summed E-state index contributed by atoms with van der Waals surface area (Å²) in [5.41, 5.74) is 1.35. The van der Waals surface area contributed by atoms with Gasteiger partial charge in [0, 0.05) is 24.5 Å². The van der Waals surface area contributed by atoms with Crippen molar-refractivity contribution in [3.8, 4) is 0 Å². The topological polar surface area (TPSA) is 132 Å². The normalized spacial score (nSPS) is 26.9. The molecule has 2 heterocycles. The van der Waals surface area contributed by atoms with Crippen LogP contribution in [-0.2, 0) is 14.1 Å². The fourth-order valence-electron chi connectivity index (χ4n) is 6.96. The Morgan fingerprint density at radius 1 is 1.05 bits per heavy atom. The molecule has 4 fully saturated rings. The van der Waals surface area contributed by atoms with E-state index >= 15 is 0 Å².